The van der Waals surface area contributed by atoms with E-state index in [9.17, 15) is 4.39 Å². The maximum Gasteiger partial charge on any atom is 0.123 e. The smallest absolute Gasteiger partial charge is 0.123 e. The van der Waals surface area contributed by atoms with Crippen LogP contribution >= 0.6 is 0 Å². The molecule has 0 bridgehead atoms. The first-order valence-electron chi connectivity index (χ1n) is 5.55. The van der Waals surface area contributed by atoms with Crippen LogP contribution < -0.4 is 0 Å². The highest BCUT2D eigenvalue weighted by molar-refractivity contribution is 5.79. The molecular formula is C15H14FN. The van der Waals surface area contributed by atoms with Gasteiger partial charge in [0, 0.05) is 6.21 Å². The highest BCUT2D eigenvalue weighted by Crippen LogP contribution is 2.05. The van der Waals surface area contributed by atoms with Crippen molar-refractivity contribution < 1.29 is 4.39 Å². The van der Waals surface area contributed by atoms with Gasteiger partial charge in [0.2, 0.25) is 0 Å². The molecule has 0 radical (unpaired) electrons. The van der Waals surface area contributed by atoms with Gasteiger partial charge in [-0.1, -0.05) is 42.0 Å². The predicted molar refractivity (Wildman–Crippen MR) is 68.9 cm³/mol. The second-order valence-electron chi connectivity index (χ2n) is 4.01. The molecule has 2 aromatic rings. The third kappa shape index (κ3) is 3.52. The van der Waals surface area contributed by atoms with E-state index in [1.807, 2.05) is 0 Å². The van der Waals surface area contributed by atoms with Crippen molar-refractivity contribution in [1.29, 1.82) is 0 Å². The van der Waals surface area contributed by atoms with E-state index < -0.39 is 0 Å². The maximum atomic E-state index is 12.7. The number of nitrogens with zero attached hydrogens (tertiary/aromatic N) is 1. The highest BCUT2D eigenvalue weighted by Gasteiger charge is 1.91. The molecular weight excluding hydrogens is 213 g/mol. The van der Waals surface area contributed by atoms with Gasteiger partial charge in [0.15, 0.2) is 0 Å². The van der Waals surface area contributed by atoms with Gasteiger partial charge in [-0.2, -0.15) is 0 Å². The van der Waals surface area contributed by atoms with Gasteiger partial charge >= 0.3 is 0 Å². The van der Waals surface area contributed by atoms with Gasteiger partial charge in [-0.05, 0) is 30.2 Å². The topological polar surface area (TPSA) is 12.4 Å². The molecule has 17 heavy (non-hydrogen) atoms. The molecule has 0 saturated carbocycles. The summed E-state index contributed by atoms with van der Waals surface area (Å²) in [7, 11) is 0. The van der Waals surface area contributed by atoms with Crippen LogP contribution in [0.2, 0.25) is 0 Å². The number of hydrogen-bond acceptors (Lipinski definition) is 1. The zero-order valence-corrected chi connectivity index (χ0v) is 9.73. The molecule has 0 amide bonds. The Hall–Kier alpha value is -1.96. The lowest BCUT2D eigenvalue weighted by atomic mass is 10.1. The Balaban J connectivity index is 1.97. The molecule has 86 valence electrons. The lowest BCUT2D eigenvalue weighted by Gasteiger charge is -1.97. The molecule has 0 atom stereocenters. The average molecular weight is 227 g/mol. The molecule has 0 aliphatic carbocycles. The van der Waals surface area contributed by atoms with Crippen molar-refractivity contribution in [3.05, 3.63) is 71.0 Å². The van der Waals surface area contributed by atoms with Crippen molar-refractivity contribution in [2.45, 2.75) is 13.5 Å². The van der Waals surface area contributed by atoms with Crippen LogP contribution in [0.3, 0.4) is 0 Å². The third-order valence-electron chi connectivity index (χ3n) is 2.50. The largest absolute Gasteiger partial charge is 0.288 e. The Bertz CT molecular complexity index is 497. The van der Waals surface area contributed by atoms with Crippen LogP contribution in [0, 0.1) is 12.7 Å². The minimum Gasteiger partial charge on any atom is -0.288 e. The first-order valence-corrected chi connectivity index (χ1v) is 5.55. The minimum absolute atomic E-state index is 0.222. The lowest BCUT2D eigenvalue weighted by Crippen LogP contribution is -1.85. The van der Waals surface area contributed by atoms with Crippen LogP contribution in [0.25, 0.3) is 0 Å². The normalized spacial score (nSPS) is 10.9. The Labute approximate surface area is 101 Å². The molecule has 0 aliphatic rings. The average Bonchev–Trinajstić information content (AvgIpc) is 2.34. The van der Waals surface area contributed by atoms with Crippen molar-refractivity contribution in [3.63, 3.8) is 0 Å². The van der Waals surface area contributed by atoms with Gasteiger partial charge in [0.1, 0.15) is 5.82 Å². The number of aliphatic imine (C=N–C) groups is 1. The molecule has 0 heterocycles. The molecule has 2 heteroatoms. The quantitative estimate of drug-likeness (QED) is 0.708. The van der Waals surface area contributed by atoms with Crippen LogP contribution in [0.15, 0.2) is 53.5 Å². The lowest BCUT2D eigenvalue weighted by molar-refractivity contribution is 0.628. The Morgan fingerprint density at radius 1 is 1.00 bits per heavy atom. The molecule has 0 aliphatic heterocycles. The number of rotatable bonds is 3. The van der Waals surface area contributed by atoms with Gasteiger partial charge in [0.25, 0.3) is 0 Å². The Morgan fingerprint density at radius 2 is 1.65 bits per heavy atom. The van der Waals surface area contributed by atoms with E-state index in [1.165, 1.54) is 23.3 Å². The van der Waals surface area contributed by atoms with Crippen LogP contribution in [0.4, 0.5) is 4.39 Å². The van der Waals surface area contributed by atoms with Gasteiger partial charge in [0.05, 0.1) is 6.54 Å². The Kier molecular flexibility index (Phi) is 3.66. The number of aryl methyl sites for hydroxylation is 1. The van der Waals surface area contributed by atoms with Gasteiger partial charge in [-0.25, -0.2) is 4.39 Å². The van der Waals surface area contributed by atoms with E-state index in [-0.39, 0.29) is 5.82 Å². The van der Waals surface area contributed by atoms with E-state index >= 15 is 0 Å². The fourth-order valence-corrected chi connectivity index (χ4v) is 1.50. The predicted octanol–water partition coefficient (Wildman–Crippen LogP) is 3.75. The van der Waals surface area contributed by atoms with E-state index in [1.54, 1.807) is 18.3 Å². The molecule has 0 unspecified atom stereocenters. The van der Waals surface area contributed by atoms with Crippen LogP contribution in [0.5, 0.6) is 0 Å². The van der Waals surface area contributed by atoms with E-state index in [0.717, 1.165) is 5.56 Å². The zero-order valence-electron chi connectivity index (χ0n) is 9.73. The minimum atomic E-state index is -0.222. The summed E-state index contributed by atoms with van der Waals surface area (Å²) in [6.45, 7) is 2.71. The van der Waals surface area contributed by atoms with Crippen LogP contribution in [0.1, 0.15) is 16.7 Å². The van der Waals surface area contributed by atoms with Crippen molar-refractivity contribution >= 4 is 6.21 Å². The summed E-state index contributed by atoms with van der Waals surface area (Å²) in [5.74, 6) is -0.222. The summed E-state index contributed by atoms with van der Waals surface area (Å²) >= 11 is 0. The number of benzene rings is 2. The van der Waals surface area contributed by atoms with Gasteiger partial charge < -0.3 is 0 Å². The first-order chi connectivity index (χ1) is 8.24. The summed E-state index contributed by atoms with van der Waals surface area (Å²) in [6.07, 6.45) is 1.76. The van der Waals surface area contributed by atoms with E-state index in [4.69, 9.17) is 0 Å². The van der Waals surface area contributed by atoms with Crippen molar-refractivity contribution in [1.82, 2.24) is 0 Å². The van der Waals surface area contributed by atoms with Crippen molar-refractivity contribution in [2.75, 3.05) is 0 Å². The van der Waals surface area contributed by atoms with Crippen LogP contribution in [-0.2, 0) is 6.54 Å². The third-order valence-corrected chi connectivity index (χ3v) is 2.50. The number of halogens is 1. The monoisotopic (exact) mass is 227 g/mol. The van der Waals surface area contributed by atoms with E-state index in [2.05, 4.69) is 36.2 Å². The van der Waals surface area contributed by atoms with Crippen molar-refractivity contribution in [2.24, 2.45) is 4.99 Å². The highest BCUT2D eigenvalue weighted by atomic mass is 19.1. The maximum absolute atomic E-state index is 12.7. The fraction of sp³-hybridized carbons (Fsp3) is 0.133. The molecule has 0 N–H and O–H groups in total. The fourth-order valence-electron chi connectivity index (χ4n) is 1.50. The molecule has 0 aromatic heterocycles. The summed E-state index contributed by atoms with van der Waals surface area (Å²) in [5, 5.41) is 0. The summed E-state index contributed by atoms with van der Waals surface area (Å²) in [6, 6.07) is 14.6. The number of hydrogen-bond donors (Lipinski definition) is 0. The molecule has 0 saturated heterocycles. The molecule has 2 aromatic carbocycles. The van der Waals surface area contributed by atoms with Gasteiger partial charge in [-0.15, -0.1) is 0 Å². The zero-order chi connectivity index (χ0) is 12.1. The SMILES string of the molecule is Cc1ccc(CN=Cc2ccc(F)cc2)cc1. The molecule has 0 spiro atoms. The van der Waals surface area contributed by atoms with Crippen molar-refractivity contribution in [3.8, 4) is 0 Å². The molecule has 2 rings (SSSR count). The van der Waals surface area contributed by atoms with Crippen LogP contribution in [-0.4, -0.2) is 6.21 Å². The molecule has 1 nitrogen and oxygen atoms in total. The first kappa shape index (κ1) is 11.5. The second-order valence-corrected chi connectivity index (χ2v) is 4.01. The summed E-state index contributed by atoms with van der Waals surface area (Å²) in [4.78, 5) is 4.32. The Morgan fingerprint density at radius 3 is 2.29 bits per heavy atom. The van der Waals surface area contributed by atoms with Gasteiger partial charge in [-0.3, -0.25) is 4.99 Å². The molecule has 0 fully saturated rings. The summed E-state index contributed by atoms with van der Waals surface area (Å²) in [5.41, 5.74) is 3.34. The standard InChI is InChI=1S/C15H14FN/c1-12-2-4-13(5-3-12)10-17-11-14-6-8-15(16)9-7-14/h2-9,11H,10H2,1H3. The second kappa shape index (κ2) is 5.39. The van der Waals surface area contributed by atoms with E-state index in [0.29, 0.717) is 6.54 Å². The summed E-state index contributed by atoms with van der Waals surface area (Å²) < 4.78 is 12.7.